The Morgan fingerprint density at radius 3 is 2.78 bits per heavy atom. The number of ether oxygens (including phenoxy) is 1. The minimum absolute atomic E-state index is 0.0204. The summed E-state index contributed by atoms with van der Waals surface area (Å²) in [6, 6.07) is 8.74. The first-order valence-electron chi connectivity index (χ1n) is 11.5. The van der Waals surface area contributed by atoms with Gasteiger partial charge in [-0.25, -0.2) is 15.0 Å². The highest BCUT2D eigenvalue weighted by atomic mass is 16.5. The first kappa shape index (κ1) is 23.2. The smallest absolute Gasteiger partial charge is 0.253 e. The number of carbonyl (C=O) groups excluding carboxylic acids is 1. The van der Waals surface area contributed by atoms with E-state index in [0.29, 0.717) is 58.4 Å². The molecule has 0 spiro atoms. The molecule has 1 amide bonds. The number of nitrogens with zero attached hydrogens (tertiary/aromatic N) is 6. The highest BCUT2D eigenvalue weighted by molar-refractivity contribution is 5.94. The number of nitriles is 1. The molecule has 4 aromatic rings. The Balaban J connectivity index is 1.37. The summed E-state index contributed by atoms with van der Waals surface area (Å²) in [5.74, 6) is 1.10. The molecule has 11 heteroatoms. The molecule has 4 aromatic heterocycles. The average molecular weight is 485 g/mol. The van der Waals surface area contributed by atoms with Gasteiger partial charge in [0.1, 0.15) is 23.1 Å². The summed E-state index contributed by atoms with van der Waals surface area (Å²) in [4.78, 5) is 30.0. The highest BCUT2D eigenvalue weighted by Gasteiger charge is 2.24. The van der Waals surface area contributed by atoms with Crippen LogP contribution in [-0.2, 0) is 7.05 Å². The Bertz CT molecular complexity index is 1480. The van der Waals surface area contributed by atoms with Crippen LogP contribution in [0.15, 0.2) is 43.0 Å². The van der Waals surface area contributed by atoms with Gasteiger partial charge in [0.05, 0.1) is 29.9 Å². The third-order valence-corrected chi connectivity index (χ3v) is 6.07. The number of imidazole rings is 1. The van der Waals surface area contributed by atoms with E-state index >= 15 is 0 Å². The molecule has 0 radical (unpaired) electrons. The predicted molar refractivity (Wildman–Crippen MR) is 131 cm³/mol. The second-order valence-electron chi connectivity index (χ2n) is 8.78. The van der Waals surface area contributed by atoms with Crippen LogP contribution in [0.2, 0.25) is 0 Å². The lowest BCUT2D eigenvalue weighted by molar-refractivity contribution is 0.0933. The van der Waals surface area contributed by atoms with Crippen LogP contribution >= 0.6 is 0 Å². The SMILES string of the molecule is Cc1cc(C#N)ncc1Oc1cc(Nc2ccc(C(=O)N[C@@H]3CC[C@H](O)C3)cn2)c2ncn(C)c2n1. The fraction of sp³-hybridized carbons (Fsp3) is 0.280. The number of carbonyl (C=O) groups is 1. The summed E-state index contributed by atoms with van der Waals surface area (Å²) in [6.07, 6.45) is 6.34. The zero-order chi connectivity index (χ0) is 25.2. The summed E-state index contributed by atoms with van der Waals surface area (Å²) in [5.41, 5.74) is 3.35. The zero-order valence-electron chi connectivity index (χ0n) is 19.8. The highest BCUT2D eigenvalue weighted by Crippen LogP contribution is 2.31. The first-order valence-corrected chi connectivity index (χ1v) is 11.5. The van der Waals surface area contributed by atoms with Crippen LogP contribution in [0.25, 0.3) is 11.2 Å². The maximum atomic E-state index is 12.5. The van der Waals surface area contributed by atoms with E-state index in [0.717, 1.165) is 12.0 Å². The van der Waals surface area contributed by atoms with Crippen LogP contribution in [0.5, 0.6) is 11.6 Å². The molecule has 5 rings (SSSR count). The number of aromatic nitrogens is 5. The number of aryl methyl sites for hydroxylation is 2. The number of pyridine rings is 3. The average Bonchev–Trinajstić information content (AvgIpc) is 3.45. The van der Waals surface area contributed by atoms with Crippen LogP contribution in [0.4, 0.5) is 11.5 Å². The van der Waals surface area contributed by atoms with Gasteiger partial charge in [0.25, 0.3) is 5.91 Å². The summed E-state index contributed by atoms with van der Waals surface area (Å²) in [7, 11) is 1.83. The van der Waals surface area contributed by atoms with Crippen molar-refractivity contribution < 1.29 is 14.6 Å². The number of amides is 1. The molecule has 3 N–H and O–H groups in total. The number of nitrogens with one attached hydrogen (secondary N) is 2. The van der Waals surface area contributed by atoms with E-state index in [1.807, 2.05) is 20.0 Å². The van der Waals surface area contributed by atoms with Crippen LogP contribution in [0, 0.1) is 18.3 Å². The molecular weight excluding hydrogens is 460 g/mol. The van der Waals surface area contributed by atoms with E-state index in [1.165, 1.54) is 12.4 Å². The molecule has 0 bridgehead atoms. The second kappa shape index (κ2) is 9.59. The van der Waals surface area contributed by atoms with E-state index < -0.39 is 0 Å². The number of fused-ring (bicyclic) bond motifs is 1. The Labute approximate surface area is 206 Å². The molecule has 0 aliphatic heterocycles. The van der Waals surface area contributed by atoms with Crippen molar-refractivity contribution >= 4 is 28.6 Å². The van der Waals surface area contributed by atoms with E-state index in [9.17, 15) is 9.90 Å². The second-order valence-corrected chi connectivity index (χ2v) is 8.78. The zero-order valence-corrected chi connectivity index (χ0v) is 19.8. The number of anilines is 2. The first-order chi connectivity index (χ1) is 17.4. The van der Waals surface area contributed by atoms with Gasteiger partial charge in [0, 0.05) is 25.4 Å². The lowest BCUT2D eigenvalue weighted by atomic mass is 10.2. The molecule has 0 unspecified atom stereocenters. The molecule has 0 saturated heterocycles. The summed E-state index contributed by atoms with van der Waals surface area (Å²) in [5, 5.41) is 24.9. The van der Waals surface area contributed by atoms with Crippen LogP contribution in [-0.4, -0.2) is 47.7 Å². The summed E-state index contributed by atoms with van der Waals surface area (Å²) >= 11 is 0. The molecule has 36 heavy (non-hydrogen) atoms. The van der Waals surface area contributed by atoms with Crippen molar-refractivity contribution in [2.24, 2.45) is 7.05 Å². The number of aliphatic hydroxyl groups excluding tert-OH is 1. The maximum Gasteiger partial charge on any atom is 0.253 e. The lowest BCUT2D eigenvalue weighted by Crippen LogP contribution is -2.33. The number of aliphatic hydroxyl groups is 1. The number of hydrogen-bond donors (Lipinski definition) is 3. The van der Waals surface area contributed by atoms with Gasteiger partial charge in [-0.1, -0.05) is 0 Å². The maximum absolute atomic E-state index is 12.5. The van der Waals surface area contributed by atoms with Crippen LogP contribution < -0.4 is 15.4 Å². The van der Waals surface area contributed by atoms with Gasteiger partial charge in [-0.3, -0.25) is 4.79 Å². The van der Waals surface area contributed by atoms with Gasteiger partial charge in [-0.2, -0.15) is 10.2 Å². The molecule has 11 nitrogen and oxygen atoms in total. The fourth-order valence-corrected chi connectivity index (χ4v) is 4.14. The minimum Gasteiger partial charge on any atom is -0.437 e. The van der Waals surface area contributed by atoms with Gasteiger partial charge in [-0.05, 0) is 49.9 Å². The Kier molecular flexibility index (Phi) is 6.18. The van der Waals surface area contributed by atoms with E-state index in [4.69, 9.17) is 10.00 Å². The van der Waals surface area contributed by atoms with Crippen molar-refractivity contribution in [3.8, 4) is 17.7 Å². The number of hydrogen-bond acceptors (Lipinski definition) is 9. The lowest BCUT2D eigenvalue weighted by Gasteiger charge is -2.13. The molecule has 182 valence electrons. The molecule has 0 aromatic carbocycles. The molecule has 4 heterocycles. The van der Waals surface area contributed by atoms with Gasteiger partial charge < -0.3 is 25.0 Å². The van der Waals surface area contributed by atoms with Crippen molar-refractivity contribution in [1.29, 1.82) is 5.26 Å². The molecular formula is C25H24N8O3. The topological polar surface area (TPSA) is 151 Å². The molecule has 2 atom stereocenters. The molecule has 1 saturated carbocycles. The Morgan fingerprint density at radius 1 is 1.22 bits per heavy atom. The van der Waals surface area contributed by atoms with Crippen LogP contribution in [0.3, 0.4) is 0 Å². The van der Waals surface area contributed by atoms with E-state index in [2.05, 4.69) is 30.6 Å². The van der Waals surface area contributed by atoms with E-state index in [-0.39, 0.29) is 18.1 Å². The summed E-state index contributed by atoms with van der Waals surface area (Å²) in [6.45, 7) is 1.83. The Hall–Kier alpha value is -4.56. The van der Waals surface area contributed by atoms with Gasteiger partial charge in [-0.15, -0.1) is 0 Å². The largest absolute Gasteiger partial charge is 0.437 e. The van der Waals surface area contributed by atoms with Crippen molar-refractivity contribution in [2.75, 3.05) is 5.32 Å². The van der Waals surface area contributed by atoms with Crippen LogP contribution in [0.1, 0.15) is 40.9 Å². The quantitative estimate of drug-likeness (QED) is 0.375. The summed E-state index contributed by atoms with van der Waals surface area (Å²) < 4.78 is 7.76. The van der Waals surface area contributed by atoms with Gasteiger partial charge >= 0.3 is 0 Å². The standard InChI is InChI=1S/C25H24N8O3/c1-14-7-17(10-26)27-12-20(14)36-22-9-19(23-24(32-22)33(2)13-29-23)31-21-6-3-15(11-28-21)25(35)30-16-4-5-18(34)8-16/h3,6-7,9,11-13,16,18,34H,4-5,8H2,1-2H3,(H,30,35)(H,28,31,32)/t16-,18+/m1/s1. The normalized spacial score (nSPS) is 17.1. The van der Waals surface area contributed by atoms with Gasteiger partial charge in [0.2, 0.25) is 5.88 Å². The third kappa shape index (κ3) is 4.80. The Morgan fingerprint density at radius 2 is 2.08 bits per heavy atom. The predicted octanol–water partition coefficient (Wildman–Crippen LogP) is 3.12. The fourth-order valence-electron chi connectivity index (χ4n) is 4.14. The van der Waals surface area contributed by atoms with E-state index in [1.54, 1.807) is 35.2 Å². The molecule has 1 aliphatic carbocycles. The van der Waals surface area contributed by atoms with Crippen molar-refractivity contribution in [3.05, 3.63) is 59.8 Å². The monoisotopic (exact) mass is 484 g/mol. The van der Waals surface area contributed by atoms with Crippen molar-refractivity contribution in [3.63, 3.8) is 0 Å². The molecule has 1 aliphatic rings. The minimum atomic E-state index is -0.352. The van der Waals surface area contributed by atoms with Crippen molar-refractivity contribution in [2.45, 2.75) is 38.3 Å². The van der Waals surface area contributed by atoms with Gasteiger partial charge in [0.15, 0.2) is 11.4 Å². The molecule has 1 fully saturated rings. The van der Waals surface area contributed by atoms with Crippen molar-refractivity contribution in [1.82, 2.24) is 29.8 Å². The number of rotatable bonds is 6. The third-order valence-electron chi connectivity index (χ3n) is 6.07.